The van der Waals surface area contributed by atoms with Crippen molar-refractivity contribution in [2.75, 3.05) is 13.1 Å². The van der Waals surface area contributed by atoms with E-state index in [1.807, 2.05) is 29.2 Å². The van der Waals surface area contributed by atoms with Crippen LogP contribution in [0.1, 0.15) is 50.7 Å². The molecule has 2 aliphatic rings. The predicted octanol–water partition coefficient (Wildman–Crippen LogP) is 2.48. The first-order chi connectivity index (χ1) is 12.2. The minimum atomic E-state index is -3.72. The van der Waals surface area contributed by atoms with Crippen molar-refractivity contribution < 1.29 is 13.2 Å². The van der Waals surface area contributed by atoms with Crippen LogP contribution in [0.5, 0.6) is 0 Å². The molecule has 26 heavy (non-hydrogen) atoms. The topological polar surface area (TPSA) is 92.8 Å². The molecule has 1 fully saturated rings. The van der Waals surface area contributed by atoms with Gasteiger partial charge in [0.1, 0.15) is 10.7 Å². The van der Waals surface area contributed by atoms with Crippen LogP contribution in [0.3, 0.4) is 0 Å². The number of carbonyl (C=O) groups is 1. The van der Waals surface area contributed by atoms with E-state index < -0.39 is 10.0 Å². The van der Waals surface area contributed by atoms with E-state index in [0.29, 0.717) is 48.8 Å². The fraction of sp³-hybridized carbons (Fsp3) is 0.474. The summed E-state index contributed by atoms with van der Waals surface area (Å²) >= 11 is 0. The summed E-state index contributed by atoms with van der Waals surface area (Å²) in [6, 6.07) is 7.63. The van der Waals surface area contributed by atoms with E-state index in [9.17, 15) is 13.2 Å². The smallest absolute Gasteiger partial charge is 0.285 e. The molecule has 2 aliphatic heterocycles. The summed E-state index contributed by atoms with van der Waals surface area (Å²) in [4.78, 5) is 13.6. The maximum atomic E-state index is 12.7. The van der Waals surface area contributed by atoms with Crippen molar-refractivity contribution in [3.8, 4) is 0 Å². The van der Waals surface area contributed by atoms with Gasteiger partial charge in [-0.2, -0.15) is 8.42 Å². The van der Waals surface area contributed by atoms with Gasteiger partial charge in [-0.15, -0.1) is 4.40 Å². The standard InChI is InChI=1S/C19H25N3O3S/c1-12(2)14-4-6-15(7-5-14)17-13(3)19(21-26(17,24)25)22-10-8-16(9-11-22)18(20)23/h4-7,12,16H,8-11H2,1-3H3,(H2,20,23). The lowest BCUT2D eigenvalue weighted by molar-refractivity contribution is -0.122. The van der Waals surface area contributed by atoms with E-state index in [0.717, 1.165) is 5.56 Å². The number of primary amides is 1. The Morgan fingerprint density at radius 3 is 2.27 bits per heavy atom. The molecule has 2 heterocycles. The third-order valence-electron chi connectivity index (χ3n) is 5.18. The zero-order valence-electron chi connectivity index (χ0n) is 15.4. The highest BCUT2D eigenvalue weighted by molar-refractivity contribution is 8.00. The number of hydrogen-bond donors (Lipinski definition) is 1. The SMILES string of the molecule is CC1=C(c2ccc(C(C)C)cc2)S(=O)(=O)N=C1N1CCC(C(N)=O)CC1. The lowest BCUT2D eigenvalue weighted by Gasteiger charge is -2.32. The molecule has 0 bridgehead atoms. The molecule has 0 atom stereocenters. The quantitative estimate of drug-likeness (QED) is 0.878. The fourth-order valence-electron chi connectivity index (χ4n) is 3.58. The highest BCUT2D eigenvalue weighted by Crippen LogP contribution is 2.35. The van der Waals surface area contributed by atoms with Crippen LogP contribution in [0.25, 0.3) is 4.91 Å². The summed E-state index contributed by atoms with van der Waals surface area (Å²) in [7, 11) is -3.72. The molecule has 7 heteroatoms. The third kappa shape index (κ3) is 3.40. The van der Waals surface area contributed by atoms with Crippen LogP contribution in [-0.2, 0) is 14.8 Å². The third-order valence-corrected chi connectivity index (χ3v) is 6.65. The molecular formula is C19H25N3O3S. The van der Waals surface area contributed by atoms with E-state index in [-0.39, 0.29) is 16.7 Å². The van der Waals surface area contributed by atoms with Gasteiger partial charge in [-0.25, -0.2) is 0 Å². The van der Waals surface area contributed by atoms with Crippen LogP contribution >= 0.6 is 0 Å². The van der Waals surface area contributed by atoms with Crippen molar-refractivity contribution in [3.63, 3.8) is 0 Å². The molecule has 0 spiro atoms. The molecule has 0 aromatic heterocycles. The van der Waals surface area contributed by atoms with E-state index >= 15 is 0 Å². The Labute approximate surface area is 154 Å². The molecule has 6 nitrogen and oxygen atoms in total. The van der Waals surface area contributed by atoms with Gasteiger partial charge in [0.25, 0.3) is 10.0 Å². The number of nitrogens with two attached hydrogens (primary N) is 1. The predicted molar refractivity (Wildman–Crippen MR) is 103 cm³/mol. The number of carbonyl (C=O) groups excluding carboxylic acids is 1. The number of rotatable bonds is 3. The van der Waals surface area contributed by atoms with Gasteiger partial charge in [0.2, 0.25) is 5.91 Å². The second kappa shape index (κ2) is 6.87. The van der Waals surface area contributed by atoms with E-state index in [2.05, 4.69) is 18.2 Å². The maximum absolute atomic E-state index is 12.7. The van der Waals surface area contributed by atoms with Crippen LogP contribution in [0.2, 0.25) is 0 Å². The largest absolute Gasteiger partial charge is 0.369 e. The summed E-state index contributed by atoms with van der Waals surface area (Å²) in [5.41, 5.74) is 7.87. The van der Waals surface area contributed by atoms with Crippen LogP contribution in [-0.4, -0.2) is 38.2 Å². The van der Waals surface area contributed by atoms with Crippen LogP contribution in [0.4, 0.5) is 0 Å². The summed E-state index contributed by atoms with van der Waals surface area (Å²) in [5, 5.41) is 0. The van der Waals surface area contributed by atoms with E-state index in [4.69, 9.17) is 5.73 Å². The maximum Gasteiger partial charge on any atom is 0.285 e. The monoisotopic (exact) mass is 375 g/mol. The van der Waals surface area contributed by atoms with Gasteiger partial charge in [0.05, 0.1) is 0 Å². The second-order valence-electron chi connectivity index (χ2n) is 7.28. The molecule has 1 aromatic rings. The number of amides is 1. The van der Waals surface area contributed by atoms with Crippen LogP contribution in [0, 0.1) is 5.92 Å². The van der Waals surface area contributed by atoms with Crippen molar-refractivity contribution in [1.82, 2.24) is 4.90 Å². The molecular weight excluding hydrogens is 350 g/mol. The van der Waals surface area contributed by atoms with Crippen molar-refractivity contribution >= 4 is 26.7 Å². The van der Waals surface area contributed by atoms with Crippen molar-refractivity contribution in [3.05, 3.63) is 41.0 Å². The molecule has 1 amide bonds. The number of amidine groups is 1. The number of piperidine rings is 1. The van der Waals surface area contributed by atoms with Gasteiger partial charge in [0.15, 0.2) is 0 Å². The Kier molecular flexibility index (Phi) is 4.92. The number of benzene rings is 1. The Balaban J connectivity index is 1.89. The molecule has 0 radical (unpaired) electrons. The van der Waals surface area contributed by atoms with Crippen molar-refractivity contribution in [1.29, 1.82) is 0 Å². The summed E-state index contributed by atoms with van der Waals surface area (Å²) < 4.78 is 29.4. The minimum absolute atomic E-state index is 0.141. The summed E-state index contributed by atoms with van der Waals surface area (Å²) in [6.45, 7) is 7.17. The average molecular weight is 375 g/mol. The average Bonchev–Trinajstić information content (AvgIpc) is 2.84. The van der Waals surface area contributed by atoms with Gasteiger partial charge < -0.3 is 10.6 Å². The Morgan fingerprint density at radius 1 is 1.19 bits per heavy atom. The molecule has 1 saturated heterocycles. The minimum Gasteiger partial charge on any atom is -0.369 e. The number of likely N-dealkylation sites (tertiary alicyclic amines) is 1. The van der Waals surface area contributed by atoms with Gasteiger partial charge in [-0.1, -0.05) is 38.1 Å². The molecule has 0 saturated carbocycles. The highest BCUT2D eigenvalue weighted by atomic mass is 32.2. The number of hydrogen-bond acceptors (Lipinski definition) is 4. The Hall–Kier alpha value is -2.15. The first-order valence-electron chi connectivity index (χ1n) is 8.91. The van der Waals surface area contributed by atoms with Crippen molar-refractivity contribution in [2.45, 2.75) is 39.5 Å². The van der Waals surface area contributed by atoms with Gasteiger partial charge >= 0.3 is 0 Å². The zero-order chi connectivity index (χ0) is 19.1. The lowest BCUT2D eigenvalue weighted by atomic mass is 9.95. The van der Waals surface area contributed by atoms with Gasteiger partial charge in [-0.3, -0.25) is 4.79 Å². The zero-order valence-corrected chi connectivity index (χ0v) is 16.2. The highest BCUT2D eigenvalue weighted by Gasteiger charge is 2.35. The molecule has 3 rings (SSSR count). The number of sulfonamides is 1. The summed E-state index contributed by atoms with van der Waals surface area (Å²) in [6.07, 6.45) is 1.25. The fourth-order valence-corrected chi connectivity index (χ4v) is 5.06. The molecule has 140 valence electrons. The van der Waals surface area contributed by atoms with Crippen LogP contribution in [0.15, 0.2) is 34.2 Å². The normalized spacial score (nSPS) is 20.6. The number of nitrogens with zero attached hydrogens (tertiary/aromatic N) is 2. The van der Waals surface area contributed by atoms with Crippen LogP contribution < -0.4 is 5.73 Å². The van der Waals surface area contributed by atoms with E-state index in [1.165, 1.54) is 0 Å². The molecule has 0 aliphatic carbocycles. The Morgan fingerprint density at radius 2 is 1.77 bits per heavy atom. The summed E-state index contributed by atoms with van der Waals surface area (Å²) in [5.74, 6) is 0.453. The van der Waals surface area contributed by atoms with Gasteiger partial charge in [0, 0.05) is 24.6 Å². The van der Waals surface area contributed by atoms with Crippen molar-refractivity contribution in [2.24, 2.45) is 16.0 Å². The Bertz CT molecular complexity index is 875. The van der Waals surface area contributed by atoms with E-state index in [1.54, 1.807) is 6.92 Å². The second-order valence-corrected chi connectivity index (χ2v) is 8.83. The first kappa shape index (κ1) is 18.6. The molecule has 1 aromatic carbocycles. The molecule has 2 N–H and O–H groups in total. The first-order valence-corrected chi connectivity index (χ1v) is 10.4. The molecule has 0 unspecified atom stereocenters. The van der Waals surface area contributed by atoms with Gasteiger partial charge in [-0.05, 0) is 36.8 Å². The lowest BCUT2D eigenvalue weighted by Crippen LogP contribution is -2.41.